The molecule has 0 saturated carbocycles. The van der Waals surface area contributed by atoms with Crippen LogP contribution >= 0.6 is 11.3 Å². The molecule has 90 valence electrons. The van der Waals surface area contributed by atoms with E-state index in [2.05, 4.69) is 10.3 Å². The van der Waals surface area contributed by atoms with Crippen molar-refractivity contribution in [2.45, 2.75) is 6.54 Å². The normalized spacial score (nSPS) is 10.7. The molecule has 0 bridgehead atoms. The first-order valence-electron chi connectivity index (χ1n) is 5.66. The number of rotatable bonds is 3. The molecule has 0 aliphatic rings. The highest BCUT2D eigenvalue weighted by molar-refractivity contribution is 7.18. The van der Waals surface area contributed by atoms with Crippen LogP contribution in [0.15, 0.2) is 48.5 Å². The fraction of sp³-hybridized carbons (Fsp3) is 0.0714. The zero-order chi connectivity index (χ0) is 12.4. The SMILES string of the molecule is Fc1ccccc1NCc1nc2ccccc2s1. The smallest absolute Gasteiger partial charge is 0.146 e. The molecule has 0 fully saturated rings. The maximum Gasteiger partial charge on any atom is 0.146 e. The van der Waals surface area contributed by atoms with E-state index in [9.17, 15) is 4.39 Å². The predicted molar refractivity (Wildman–Crippen MR) is 73.3 cm³/mol. The summed E-state index contributed by atoms with van der Waals surface area (Å²) >= 11 is 1.63. The highest BCUT2D eigenvalue weighted by atomic mass is 32.1. The first kappa shape index (κ1) is 11.2. The van der Waals surface area contributed by atoms with Crippen molar-refractivity contribution in [3.63, 3.8) is 0 Å². The highest BCUT2D eigenvalue weighted by Gasteiger charge is 2.04. The highest BCUT2D eigenvalue weighted by Crippen LogP contribution is 2.22. The summed E-state index contributed by atoms with van der Waals surface area (Å²) in [5.74, 6) is -0.237. The third-order valence-corrected chi connectivity index (χ3v) is 3.68. The number of halogens is 1. The molecule has 0 radical (unpaired) electrons. The van der Waals surface area contributed by atoms with E-state index < -0.39 is 0 Å². The summed E-state index contributed by atoms with van der Waals surface area (Å²) < 4.78 is 14.6. The van der Waals surface area contributed by atoms with Gasteiger partial charge in [-0.15, -0.1) is 11.3 Å². The minimum absolute atomic E-state index is 0.237. The Balaban J connectivity index is 1.79. The van der Waals surface area contributed by atoms with Gasteiger partial charge in [-0.3, -0.25) is 0 Å². The van der Waals surface area contributed by atoms with Gasteiger partial charge in [0, 0.05) is 0 Å². The summed E-state index contributed by atoms with van der Waals surface area (Å²) in [6.45, 7) is 0.542. The van der Waals surface area contributed by atoms with E-state index in [1.54, 1.807) is 23.5 Å². The summed E-state index contributed by atoms with van der Waals surface area (Å²) in [5.41, 5.74) is 1.50. The lowest BCUT2D eigenvalue weighted by atomic mass is 10.3. The zero-order valence-corrected chi connectivity index (χ0v) is 10.4. The van der Waals surface area contributed by atoms with Gasteiger partial charge in [0.2, 0.25) is 0 Å². The summed E-state index contributed by atoms with van der Waals surface area (Å²) in [6.07, 6.45) is 0. The Morgan fingerprint density at radius 2 is 1.83 bits per heavy atom. The predicted octanol–water partition coefficient (Wildman–Crippen LogP) is 4.05. The zero-order valence-electron chi connectivity index (χ0n) is 9.56. The Labute approximate surface area is 108 Å². The molecule has 4 heteroatoms. The van der Waals surface area contributed by atoms with E-state index in [-0.39, 0.29) is 5.82 Å². The van der Waals surface area contributed by atoms with Crippen LogP contribution in [-0.4, -0.2) is 4.98 Å². The molecule has 2 nitrogen and oxygen atoms in total. The molecule has 0 unspecified atom stereocenters. The van der Waals surface area contributed by atoms with Gasteiger partial charge < -0.3 is 5.32 Å². The molecule has 0 amide bonds. The molecule has 3 rings (SSSR count). The standard InChI is InChI=1S/C14H11FN2S/c15-10-5-1-2-6-11(10)16-9-14-17-12-7-3-4-8-13(12)18-14/h1-8,16H,9H2. The Bertz CT molecular complexity index is 645. The van der Waals surface area contributed by atoms with Crippen LogP contribution in [-0.2, 0) is 6.54 Å². The second kappa shape index (κ2) is 4.74. The number of hydrogen-bond donors (Lipinski definition) is 1. The average molecular weight is 258 g/mol. The number of anilines is 1. The third-order valence-electron chi connectivity index (χ3n) is 2.64. The van der Waals surface area contributed by atoms with E-state index in [4.69, 9.17) is 0 Å². The molecule has 1 N–H and O–H groups in total. The van der Waals surface area contributed by atoms with Crippen molar-refractivity contribution >= 4 is 27.2 Å². The average Bonchev–Trinajstić information content (AvgIpc) is 2.80. The molecular formula is C14H11FN2S. The Hall–Kier alpha value is -1.94. The minimum Gasteiger partial charge on any atom is -0.376 e. The van der Waals surface area contributed by atoms with Gasteiger partial charge in [-0.05, 0) is 24.3 Å². The third kappa shape index (κ3) is 2.19. The lowest BCUT2D eigenvalue weighted by Crippen LogP contribution is -2.00. The number of nitrogens with zero attached hydrogens (tertiary/aromatic N) is 1. The molecule has 0 spiro atoms. The molecule has 1 heterocycles. The van der Waals surface area contributed by atoms with Gasteiger partial charge in [0.15, 0.2) is 0 Å². The van der Waals surface area contributed by atoms with Crippen LogP contribution in [0.5, 0.6) is 0 Å². The minimum atomic E-state index is -0.237. The van der Waals surface area contributed by atoms with Gasteiger partial charge in [-0.1, -0.05) is 24.3 Å². The van der Waals surface area contributed by atoms with Crippen LogP contribution in [0.1, 0.15) is 5.01 Å². The summed E-state index contributed by atoms with van der Waals surface area (Å²) in [7, 11) is 0. The maximum absolute atomic E-state index is 13.4. The number of fused-ring (bicyclic) bond motifs is 1. The molecular weight excluding hydrogens is 247 g/mol. The first-order chi connectivity index (χ1) is 8.83. The van der Waals surface area contributed by atoms with Gasteiger partial charge >= 0.3 is 0 Å². The molecule has 2 aromatic carbocycles. The number of para-hydroxylation sites is 2. The molecule has 3 aromatic rings. The van der Waals surface area contributed by atoms with Crippen LogP contribution in [0.4, 0.5) is 10.1 Å². The topological polar surface area (TPSA) is 24.9 Å². The van der Waals surface area contributed by atoms with Gasteiger partial charge in [-0.2, -0.15) is 0 Å². The molecule has 0 aliphatic carbocycles. The van der Waals surface area contributed by atoms with Gasteiger partial charge in [0.25, 0.3) is 0 Å². The van der Waals surface area contributed by atoms with E-state index in [0.29, 0.717) is 12.2 Å². The van der Waals surface area contributed by atoms with Crippen LogP contribution in [0, 0.1) is 5.82 Å². The lowest BCUT2D eigenvalue weighted by molar-refractivity contribution is 0.630. The van der Waals surface area contributed by atoms with E-state index in [0.717, 1.165) is 15.2 Å². The maximum atomic E-state index is 13.4. The second-order valence-electron chi connectivity index (χ2n) is 3.91. The van der Waals surface area contributed by atoms with Crippen molar-refractivity contribution in [2.24, 2.45) is 0 Å². The van der Waals surface area contributed by atoms with Crippen LogP contribution in [0.2, 0.25) is 0 Å². The van der Waals surface area contributed by atoms with Crippen molar-refractivity contribution in [1.29, 1.82) is 0 Å². The number of benzene rings is 2. The fourth-order valence-electron chi connectivity index (χ4n) is 1.77. The fourth-order valence-corrected chi connectivity index (χ4v) is 2.68. The molecule has 18 heavy (non-hydrogen) atoms. The summed E-state index contributed by atoms with van der Waals surface area (Å²) in [6, 6.07) is 14.6. The van der Waals surface area contributed by atoms with Gasteiger partial charge in [0.1, 0.15) is 10.8 Å². The van der Waals surface area contributed by atoms with E-state index in [1.807, 2.05) is 30.3 Å². The largest absolute Gasteiger partial charge is 0.376 e. The number of nitrogens with one attached hydrogen (secondary N) is 1. The van der Waals surface area contributed by atoms with Crippen molar-refractivity contribution in [2.75, 3.05) is 5.32 Å². The summed E-state index contributed by atoms with van der Waals surface area (Å²) in [5, 5.41) is 4.02. The van der Waals surface area contributed by atoms with Gasteiger partial charge in [0.05, 0.1) is 22.4 Å². The van der Waals surface area contributed by atoms with Crippen LogP contribution in [0.25, 0.3) is 10.2 Å². The van der Waals surface area contributed by atoms with Crippen molar-refractivity contribution in [1.82, 2.24) is 4.98 Å². The Morgan fingerprint density at radius 3 is 2.67 bits per heavy atom. The van der Waals surface area contributed by atoms with Crippen molar-refractivity contribution in [3.8, 4) is 0 Å². The Morgan fingerprint density at radius 1 is 1.06 bits per heavy atom. The van der Waals surface area contributed by atoms with Crippen LogP contribution in [0.3, 0.4) is 0 Å². The number of thiazole rings is 1. The van der Waals surface area contributed by atoms with Crippen molar-refractivity contribution in [3.05, 3.63) is 59.4 Å². The van der Waals surface area contributed by atoms with E-state index in [1.165, 1.54) is 6.07 Å². The summed E-state index contributed by atoms with van der Waals surface area (Å²) in [4.78, 5) is 4.49. The first-order valence-corrected chi connectivity index (χ1v) is 6.47. The Kier molecular flexibility index (Phi) is 2.94. The molecule has 1 aromatic heterocycles. The number of hydrogen-bond acceptors (Lipinski definition) is 3. The van der Waals surface area contributed by atoms with Crippen molar-refractivity contribution < 1.29 is 4.39 Å². The van der Waals surface area contributed by atoms with Crippen LogP contribution < -0.4 is 5.32 Å². The monoisotopic (exact) mass is 258 g/mol. The van der Waals surface area contributed by atoms with E-state index >= 15 is 0 Å². The molecule has 0 atom stereocenters. The lowest BCUT2D eigenvalue weighted by Gasteiger charge is -2.04. The second-order valence-corrected chi connectivity index (χ2v) is 5.02. The molecule has 0 saturated heterocycles. The quantitative estimate of drug-likeness (QED) is 0.766. The number of aromatic nitrogens is 1. The van der Waals surface area contributed by atoms with Gasteiger partial charge in [-0.25, -0.2) is 9.37 Å². The molecule has 0 aliphatic heterocycles.